The summed E-state index contributed by atoms with van der Waals surface area (Å²) in [5.41, 5.74) is 0.102. The third-order valence-electron chi connectivity index (χ3n) is 1.86. The molecule has 0 amide bonds. The van der Waals surface area contributed by atoms with Gasteiger partial charge in [-0.2, -0.15) is 0 Å². The highest BCUT2D eigenvalue weighted by Crippen LogP contribution is 2.27. The van der Waals surface area contributed by atoms with Crippen molar-refractivity contribution < 1.29 is 8.78 Å². The molecular weight excluding hydrogens is 202 g/mol. The number of benzene rings is 1. The van der Waals surface area contributed by atoms with Gasteiger partial charge in [-0.05, 0) is 29.8 Å². The summed E-state index contributed by atoms with van der Waals surface area (Å²) in [6.45, 7) is 5.45. The van der Waals surface area contributed by atoms with Crippen molar-refractivity contribution in [2.45, 2.75) is 20.8 Å². The number of hydrogen-bond donors (Lipinski definition) is 0. The van der Waals surface area contributed by atoms with Gasteiger partial charge in [-0.3, -0.25) is 0 Å². The molecule has 1 aromatic heterocycles. The molecule has 2 aromatic rings. The van der Waals surface area contributed by atoms with Crippen LogP contribution < -0.4 is 0 Å². The Bertz CT molecular complexity index is 432. The fraction of sp³-hybridized carbons (Fsp3) is 0.273. The van der Waals surface area contributed by atoms with E-state index in [2.05, 4.69) is 0 Å². The molecule has 1 heterocycles. The summed E-state index contributed by atoms with van der Waals surface area (Å²) in [6.07, 6.45) is 0. The number of thiophene rings is 1. The molecule has 0 saturated heterocycles. The average molecular weight is 214 g/mol. The zero-order valence-electron chi connectivity index (χ0n) is 8.40. The number of rotatable bonds is 0. The summed E-state index contributed by atoms with van der Waals surface area (Å²) in [5, 5.41) is 2.40. The first-order valence-corrected chi connectivity index (χ1v) is 5.40. The third-order valence-corrected chi connectivity index (χ3v) is 2.79. The summed E-state index contributed by atoms with van der Waals surface area (Å²) in [5.74, 6) is -0.904. The van der Waals surface area contributed by atoms with Gasteiger partial charge in [0.1, 0.15) is 11.6 Å². The van der Waals surface area contributed by atoms with Crippen LogP contribution in [0.2, 0.25) is 0 Å². The van der Waals surface area contributed by atoms with Crippen molar-refractivity contribution in [2.75, 3.05) is 0 Å². The predicted molar refractivity (Wildman–Crippen MR) is 57.8 cm³/mol. The van der Waals surface area contributed by atoms with Crippen LogP contribution in [0.4, 0.5) is 8.78 Å². The van der Waals surface area contributed by atoms with Crippen LogP contribution in [0.25, 0.3) is 10.1 Å². The zero-order valence-corrected chi connectivity index (χ0v) is 9.21. The molecule has 0 aliphatic heterocycles. The summed E-state index contributed by atoms with van der Waals surface area (Å²) in [6, 6.07) is 3.08. The highest BCUT2D eigenvalue weighted by atomic mass is 32.1. The van der Waals surface area contributed by atoms with Gasteiger partial charge in [0.05, 0.1) is 4.70 Å². The molecular formula is C11H12F2S. The maximum Gasteiger partial charge on any atom is 0.146 e. The van der Waals surface area contributed by atoms with Gasteiger partial charge in [-0.25, -0.2) is 8.78 Å². The Morgan fingerprint density at radius 1 is 1.21 bits per heavy atom. The lowest BCUT2D eigenvalue weighted by molar-refractivity contribution is 0.578. The Morgan fingerprint density at radius 3 is 2.50 bits per heavy atom. The summed E-state index contributed by atoms with van der Waals surface area (Å²) in [4.78, 5) is 0. The molecule has 1 aromatic carbocycles. The molecule has 0 aliphatic rings. The Kier molecular flexibility index (Phi) is 3.58. The van der Waals surface area contributed by atoms with Gasteiger partial charge in [-0.1, -0.05) is 13.8 Å². The van der Waals surface area contributed by atoms with Crippen molar-refractivity contribution in [1.82, 2.24) is 0 Å². The molecule has 2 rings (SSSR count). The molecule has 0 radical (unpaired) electrons. The van der Waals surface area contributed by atoms with Crippen LogP contribution in [0.1, 0.15) is 19.4 Å². The van der Waals surface area contributed by atoms with Crippen LogP contribution in [0.3, 0.4) is 0 Å². The van der Waals surface area contributed by atoms with Gasteiger partial charge in [0, 0.05) is 5.56 Å². The maximum absolute atomic E-state index is 13.3. The van der Waals surface area contributed by atoms with Crippen molar-refractivity contribution >= 4 is 21.4 Å². The molecule has 3 heteroatoms. The highest BCUT2D eigenvalue weighted by Gasteiger charge is 2.09. The standard InChI is InChI=1S/C9H6F2S.C2H6/c1-5-7(10)4-6-2-3-12-9(6)8(5)11;1-2/h2-4H,1H3;1-2H3. The Labute approximate surface area is 86.2 Å². The van der Waals surface area contributed by atoms with Gasteiger partial charge >= 0.3 is 0 Å². The summed E-state index contributed by atoms with van der Waals surface area (Å²) < 4.78 is 26.8. The minimum Gasteiger partial charge on any atom is -0.207 e. The average Bonchev–Trinajstić information content (AvgIpc) is 2.65. The fourth-order valence-electron chi connectivity index (χ4n) is 1.13. The Morgan fingerprint density at radius 2 is 1.86 bits per heavy atom. The van der Waals surface area contributed by atoms with Gasteiger partial charge < -0.3 is 0 Å². The predicted octanol–water partition coefficient (Wildman–Crippen LogP) is 4.51. The van der Waals surface area contributed by atoms with Crippen LogP contribution in [-0.2, 0) is 0 Å². The van der Waals surface area contributed by atoms with Crippen molar-refractivity contribution in [3.05, 3.63) is 34.7 Å². The number of fused-ring (bicyclic) bond motifs is 1. The first kappa shape index (κ1) is 11.1. The molecule has 0 nitrogen and oxygen atoms in total. The van der Waals surface area contributed by atoms with Crippen LogP contribution in [0.15, 0.2) is 17.5 Å². The van der Waals surface area contributed by atoms with Crippen LogP contribution >= 0.6 is 11.3 Å². The number of halogens is 2. The zero-order chi connectivity index (χ0) is 10.7. The van der Waals surface area contributed by atoms with E-state index in [1.54, 1.807) is 11.4 Å². The van der Waals surface area contributed by atoms with Crippen molar-refractivity contribution in [3.8, 4) is 0 Å². The minimum atomic E-state index is -0.474. The van der Waals surface area contributed by atoms with Crippen LogP contribution in [-0.4, -0.2) is 0 Å². The van der Waals surface area contributed by atoms with Gasteiger partial charge in [0.2, 0.25) is 0 Å². The van der Waals surface area contributed by atoms with Gasteiger partial charge in [0.15, 0.2) is 0 Å². The third kappa shape index (κ3) is 1.77. The lowest BCUT2D eigenvalue weighted by Crippen LogP contribution is -1.87. The van der Waals surface area contributed by atoms with E-state index in [-0.39, 0.29) is 5.56 Å². The molecule has 0 unspecified atom stereocenters. The Hall–Kier alpha value is -0.960. The monoisotopic (exact) mass is 214 g/mol. The molecule has 0 bridgehead atoms. The first-order valence-electron chi connectivity index (χ1n) is 4.52. The molecule has 14 heavy (non-hydrogen) atoms. The fourth-order valence-corrected chi connectivity index (χ4v) is 2.00. The molecule has 0 atom stereocenters. The molecule has 76 valence electrons. The van der Waals surface area contributed by atoms with E-state index in [9.17, 15) is 8.78 Å². The summed E-state index contributed by atoms with van der Waals surface area (Å²) >= 11 is 1.30. The van der Waals surface area contributed by atoms with E-state index >= 15 is 0 Å². The second-order valence-corrected chi connectivity index (χ2v) is 3.55. The van der Waals surface area contributed by atoms with Crippen LogP contribution in [0.5, 0.6) is 0 Å². The van der Waals surface area contributed by atoms with Crippen LogP contribution in [0, 0.1) is 18.6 Å². The molecule has 0 saturated carbocycles. The second kappa shape index (κ2) is 4.51. The highest BCUT2D eigenvalue weighted by molar-refractivity contribution is 7.17. The minimum absolute atomic E-state index is 0.102. The van der Waals surface area contributed by atoms with Crippen molar-refractivity contribution in [1.29, 1.82) is 0 Å². The van der Waals surface area contributed by atoms with E-state index in [1.165, 1.54) is 24.3 Å². The lowest BCUT2D eigenvalue weighted by atomic mass is 10.2. The largest absolute Gasteiger partial charge is 0.207 e. The molecule has 0 N–H and O–H groups in total. The second-order valence-electron chi connectivity index (χ2n) is 2.64. The maximum atomic E-state index is 13.3. The van der Waals surface area contributed by atoms with Crippen molar-refractivity contribution in [2.24, 2.45) is 0 Å². The first-order chi connectivity index (χ1) is 6.70. The van der Waals surface area contributed by atoms with Crippen molar-refractivity contribution in [3.63, 3.8) is 0 Å². The van der Waals surface area contributed by atoms with Gasteiger partial charge in [-0.15, -0.1) is 11.3 Å². The number of hydrogen-bond acceptors (Lipinski definition) is 1. The van der Waals surface area contributed by atoms with Gasteiger partial charge in [0.25, 0.3) is 0 Å². The lowest BCUT2D eigenvalue weighted by Gasteiger charge is -1.98. The molecule has 0 spiro atoms. The normalized spacial score (nSPS) is 9.79. The smallest absolute Gasteiger partial charge is 0.146 e. The quantitative estimate of drug-likeness (QED) is 0.605. The van der Waals surface area contributed by atoms with E-state index in [1.807, 2.05) is 13.8 Å². The molecule has 0 aliphatic carbocycles. The Balaban J connectivity index is 0.000000461. The van der Waals surface area contributed by atoms with E-state index in [4.69, 9.17) is 0 Å². The SMILES string of the molecule is CC.Cc1c(F)cc2ccsc2c1F. The van der Waals surface area contributed by atoms with E-state index < -0.39 is 11.6 Å². The topological polar surface area (TPSA) is 0 Å². The molecule has 0 fully saturated rings. The van der Waals surface area contributed by atoms with E-state index in [0.29, 0.717) is 10.1 Å². The summed E-state index contributed by atoms with van der Waals surface area (Å²) in [7, 11) is 0. The van der Waals surface area contributed by atoms with E-state index in [0.717, 1.165) is 0 Å².